The van der Waals surface area contributed by atoms with Gasteiger partial charge >= 0.3 is 12.1 Å². The van der Waals surface area contributed by atoms with Crippen LogP contribution < -0.4 is 10.6 Å². The van der Waals surface area contributed by atoms with Crippen LogP contribution in [-0.4, -0.2) is 54.0 Å². The molecule has 2 unspecified atom stereocenters. The SMILES string of the molecule is O=C(NC1(C(=O)NC2CCOC2C(=O)O)CCCCC1)OCC1c2ccccc2-c2ccccc21. The number of nitrogens with one attached hydrogen (secondary N) is 2. The molecule has 2 atom stereocenters. The maximum Gasteiger partial charge on any atom is 0.408 e. The number of alkyl carbamates (subject to hydrolysis) is 1. The highest BCUT2D eigenvalue weighted by molar-refractivity contribution is 5.91. The van der Waals surface area contributed by atoms with Gasteiger partial charge in [0.05, 0.1) is 6.04 Å². The molecule has 5 rings (SSSR count). The molecule has 1 saturated carbocycles. The lowest BCUT2D eigenvalue weighted by atomic mass is 9.80. The first-order valence-electron chi connectivity index (χ1n) is 12.3. The highest BCUT2D eigenvalue weighted by Crippen LogP contribution is 2.44. The summed E-state index contributed by atoms with van der Waals surface area (Å²) in [5, 5.41) is 15.1. The lowest BCUT2D eigenvalue weighted by molar-refractivity contribution is -0.148. The van der Waals surface area contributed by atoms with Gasteiger partial charge in [0.1, 0.15) is 12.1 Å². The van der Waals surface area contributed by atoms with Crippen LogP contribution in [0.2, 0.25) is 0 Å². The molecule has 0 radical (unpaired) electrons. The molecule has 8 heteroatoms. The van der Waals surface area contributed by atoms with Crippen LogP contribution in [0, 0.1) is 0 Å². The lowest BCUT2D eigenvalue weighted by Crippen LogP contribution is -2.62. The first kappa shape index (κ1) is 23.4. The Hall–Kier alpha value is -3.39. The Morgan fingerprint density at radius 1 is 0.971 bits per heavy atom. The molecule has 2 fully saturated rings. The van der Waals surface area contributed by atoms with Crippen molar-refractivity contribution in [3.05, 3.63) is 59.7 Å². The van der Waals surface area contributed by atoms with Gasteiger partial charge in [0.25, 0.3) is 0 Å². The van der Waals surface area contributed by atoms with Gasteiger partial charge in [-0.05, 0) is 41.5 Å². The van der Waals surface area contributed by atoms with Crippen molar-refractivity contribution in [1.29, 1.82) is 0 Å². The van der Waals surface area contributed by atoms with Crippen LogP contribution in [0.3, 0.4) is 0 Å². The predicted molar refractivity (Wildman–Crippen MR) is 128 cm³/mol. The Morgan fingerprint density at radius 3 is 2.23 bits per heavy atom. The van der Waals surface area contributed by atoms with Gasteiger partial charge in [-0.2, -0.15) is 0 Å². The van der Waals surface area contributed by atoms with Gasteiger partial charge in [0.2, 0.25) is 5.91 Å². The fraction of sp³-hybridized carbons (Fsp3) is 0.444. The minimum absolute atomic E-state index is 0.0729. The summed E-state index contributed by atoms with van der Waals surface area (Å²) in [5.41, 5.74) is 3.41. The van der Waals surface area contributed by atoms with Gasteiger partial charge in [-0.3, -0.25) is 4.79 Å². The number of benzene rings is 2. The molecule has 3 N–H and O–H groups in total. The number of fused-ring (bicyclic) bond motifs is 3. The third-order valence-electron chi connectivity index (χ3n) is 7.48. The number of carboxylic acid groups (broad SMARTS) is 1. The standard InChI is InChI=1S/C27H30N2O6/c30-24(31)23-22(12-15-34-23)28-25(32)27(13-6-1-7-14-27)29-26(33)35-16-21-19-10-4-2-8-17(19)18-9-3-5-11-20(18)21/h2-5,8-11,21-23H,1,6-7,12-16H2,(H,28,32)(H,29,33)(H,30,31). The number of hydrogen-bond donors (Lipinski definition) is 3. The topological polar surface area (TPSA) is 114 Å². The zero-order valence-corrected chi connectivity index (χ0v) is 19.5. The highest BCUT2D eigenvalue weighted by Gasteiger charge is 2.45. The summed E-state index contributed by atoms with van der Waals surface area (Å²) in [6.45, 7) is 0.434. The molecule has 8 nitrogen and oxygen atoms in total. The van der Waals surface area contributed by atoms with Gasteiger partial charge in [-0.25, -0.2) is 9.59 Å². The second-order valence-electron chi connectivity index (χ2n) is 9.59. The van der Waals surface area contributed by atoms with Crippen molar-refractivity contribution in [3.63, 3.8) is 0 Å². The predicted octanol–water partition coefficient (Wildman–Crippen LogP) is 3.59. The molecule has 3 aliphatic rings. The molecule has 0 bridgehead atoms. The molecule has 184 valence electrons. The van der Waals surface area contributed by atoms with Gasteiger partial charge in [-0.1, -0.05) is 67.8 Å². The van der Waals surface area contributed by atoms with Crippen molar-refractivity contribution < 1.29 is 29.0 Å². The zero-order chi connectivity index (χ0) is 24.4. The first-order chi connectivity index (χ1) is 17.0. The van der Waals surface area contributed by atoms with Crippen LogP contribution in [0.5, 0.6) is 0 Å². The third-order valence-corrected chi connectivity index (χ3v) is 7.48. The van der Waals surface area contributed by atoms with E-state index in [1.165, 1.54) is 0 Å². The summed E-state index contributed by atoms with van der Waals surface area (Å²) >= 11 is 0. The number of carboxylic acids is 1. The van der Waals surface area contributed by atoms with Gasteiger partial charge < -0.3 is 25.2 Å². The van der Waals surface area contributed by atoms with Crippen LogP contribution in [0.1, 0.15) is 55.6 Å². The van der Waals surface area contributed by atoms with Crippen LogP contribution >= 0.6 is 0 Å². The van der Waals surface area contributed by atoms with E-state index in [1.807, 2.05) is 24.3 Å². The monoisotopic (exact) mass is 478 g/mol. The minimum atomic E-state index is -1.12. The summed E-state index contributed by atoms with van der Waals surface area (Å²) in [7, 11) is 0. The van der Waals surface area contributed by atoms with Crippen molar-refractivity contribution in [1.82, 2.24) is 10.6 Å². The van der Waals surface area contributed by atoms with E-state index in [0.717, 1.165) is 41.5 Å². The van der Waals surface area contributed by atoms with Gasteiger partial charge in [-0.15, -0.1) is 0 Å². The Morgan fingerprint density at radius 2 is 1.60 bits per heavy atom. The molecule has 2 aromatic carbocycles. The highest BCUT2D eigenvalue weighted by atomic mass is 16.5. The minimum Gasteiger partial charge on any atom is -0.479 e. The fourth-order valence-corrected chi connectivity index (χ4v) is 5.68. The van der Waals surface area contributed by atoms with Crippen molar-refractivity contribution in [2.24, 2.45) is 0 Å². The lowest BCUT2D eigenvalue weighted by Gasteiger charge is -2.37. The van der Waals surface area contributed by atoms with Crippen LogP contribution in [0.25, 0.3) is 11.1 Å². The number of hydrogen-bond acceptors (Lipinski definition) is 5. The molecule has 35 heavy (non-hydrogen) atoms. The molecule has 2 aliphatic carbocycles. The second-order valence-corrected chi connectivity index (χ2v) is 9.59. The van der Waals surface area contributed by atoms with Crippen LogP contribution in [0.4, 0.5) is 4.79 Å². The number of amides is 2. The van der Waals surface area contributed by atoms with E-state index in [2.05, 4.69) is 34.9 Å². The van der Waals surface area contributed by atoms with E-state index >= 15 is 0 Å². The molecular formula is C27H30N2O6. The van der Waals surface area contributed by atoms with Gasteiger partial charge in [0, 0.05) is 12.5 Å². The molecule has 0 spiro atoms. The average molecular weight is 479 g/mol. The summed E-state index contributed by atoms with van der Waals surface area (Å²) in [4.78, 5) is 37.8. The summed E-state index contributed by atoms with van der Waals surface area (Å²) in [6, 6.07) is 15.6. The largest absolute Gasteiger partial charge is 0.479 e. The third kappa shape index (κ3) is 4.50. The van der Waals surface area contributed by atoms with E-state index in [1.54, 1.807) is 0 Å². The molecule has 1 saturated heterocycles. The maximum absolute atomic E-state index is 13.3. The van der Waals surface area contributed by atoms with Crippen molar-refractivity contribution >= 4 is 18.0 Å². The first-order valence-corrected chi connectivity index (χ1v) is 12.3. The van der Waals surface area contributed by atoms with Crippen LogP contribution in [-0.2, 0) is 19.1 Å². The molecule has 2 amide bonds. The van der Waals surface area contributed by atoms with E-state index in [-0.39, 0.29) is 25.0 Å². The van der Waals surface area contributed by atoms with E-state index in [4.69, 9.17) is 9.47 Å². The van der Waals surface area contributed by atoms with Crippen molar-refractivity contribution in [2.75, 3.05) is 13.2 Å². The van der Waals surface area contributed by atoms with Gasteiger partial charge in [0.15, 0.2) is 6.10 Å². The summed E-state index contributed by atoms with van der Waals surface area (Å²) in [6.07, 6.45) is 2.23. The molecule has 1 aliphatic heterocycles. The van der Waals surface area contributed by atoms with E-state index < -0.39 is 29.7 Å². The Labute approximate surface area is 204 Å². The number of carbonyl (C=O) groups is 3. The van der Waals surface area contributed by atoms with Crippen molar-refractivity contribution in [2.45, 2.75) is 62.1 Å². The Kier molecular flexibility index (Phi) is 6.47. The maximum atomic E-state index is 13.3. The quantitative estimate of drug-likeness (QED) is 0.585. The summed E-state index contributed by atoms with van der Waals surface area (Å²) in [5.74, 6) is -1.54. The number of rotatable bonds is 6. The smallest absolute Gasteiger partial charge is 0.408 e. The molecule has 2 aromatic rings. The molecule has 0 aromatic heterocycles. The van der Waals surface area contributed by atoms with Crippen molar-refractivity contribution in [3.8, 4) is 11.1 Å². The number of aliphatic carboxylic acids is 1. The Bertz CT molecular complexity index is 1080. The normalized spacial score (nSPS) is 22.6. The summed E-state index contributed by atoms with van der Waals surface area (Å²) < 4.78 is 11.0. The molecular weight excluding hydrogens is 448 g/mol. The average Bonchev–Trinajstić information content (AvgIpc) is 3.46. The number of ether oxygens (including phenoxy) is 2. The molecule has 1 heterocycles. The second kappa shape index (κ2) is 9.70. The van der Waals surface area contributed by atoms with Crippen LogP contribution in [0.15, 0.2) is 48.5 Å². The Balaban J connectivity index is 1.28. The van der Waals surface area contributed by atoms with E-state index in [0.29, 0.717) is 19.3 Å². The zero-order valence-electron chi connectivity index (χ0n) is 19.5. The fourth-order valence-electron chi connectivity index (χ4n) is 5.68. The van der Waals surface area contributed by atoms with E-state index in [9.17, 15) is 19.5 Å². The number of carbonyl (C=O) groups excluding carboxylic acids is 2.